The zero-order chi connectivity index (χ0) is 11.7. The second-order valence-electron chi connectivity index (χ2n) is 4.59. The topological polar surface area (TPSA) is 12.4 Å². The van der Waals surface area contributed by atoms with E-state index in [0.29, 0.717) is 5.92 Å². The Morgan fingerprint density at radius 1 is 1.07 bits per heavy atom. The van der Waals surface area contributed by atoms with E-state index >= 15 is 0 Å². The standard InChI is InChI=1S/C14H29N/c1-6-9-11-12(4)14(15-5)13(8-3)10-7-2/h12-13H,6-11H2,1-5H3. The van der Waals surface area contributed by atoms with Crippen LogP contribution in [0.3, 0.4) is 0 Å². The minimum atomic E-state index is 0.687. The number of hydrogen-bond donors (Lipinski definition) is 0. The summed E-state index contributed by atoms with van der Waals surface area (Å²) < 4.78 is 0. The van der Waals surface area contributed by atoms with Crippen LogP contribution in [0.25, 0.3) is 0 Å². The van der Waals surface area contributed by atoms with Crippen molar-refractivity contribution in [3.8, 4) is 0 Å². The van der Waals surface area contributed by atoms with Crippen molar-refractivity contribution >= 4 is 5.71 Å². The molecular formula is C14H29N. The van der Waals surface area contributed by atoms with Gasteiger partial charge >= 0.3 is 0 Å². The SMILES string of the molecule is CCCCC(C)C(=NC)C(CC)CCC. The molecule has 0 bridgehead atoms. The molecule has 0 rings (SSSR count). The maximum atomic E-state index is 4.55. The molecule has 0 radical (unpaired) electrons. The van der Waals surface area contributed by atoms with E-state index in [1.807, 2.05) is 7.05 Å². The van der Waals surface area contributed by atoms with Crippen LogP contribution in [0, 0.1) is 11.8 Å². The zero-order valence-electron chi connectivity index (χ0n) is 11.3. The van der Waals surface area contributed by atoms with Gasteiger partial charge in [0.1, 0.15) is 0 Å². The van der Waals surface area contributed by atoms with Crippen molar-refractivity contribution in [3.05, 3.63) is 0 Å². The highest BCUT2D eigenvalue weighted by molar-refractivity contribution is 5.88. The summed E-state index contributed by atoms with van der Waals surface area (Å²) in [6.45, 7) is 9.17. The highest BCUT2D eigenvalue weighted by Gasteiger charge is 2.18. The summed E-state index contributed by atoms with van der Waals surface area (Å²) in [7, 11) is 1.97. The third kappa shape index (κ3) is 5.34. The third-order valence-corrected chi connectivity index (χ3v) is 3.30. The Labute approximate surface area is 96.4 Å². The van der Waals surface area contributed by atoms with Gasteiger partial charge in [-0.2, -0.15) is 0 Å². The molecule has 0 aromatic carbocycles. The lowest BCUT2D eigenvalue weighted by atomic mass is 9.85. The van der Waals surface area contributed by atoms with E-state index in [0.717, 1.165) is 5.92 Å². The first kappa shape index (κ1) is 14.7. The summed E-state index contributed by atoms with van der Waals surface area (Å²) in [6, 6.07) is 0. The molecule has 0 amide bonds. The molecule has 0 aliphatic carbocycles. The predicted octanol–water partition coefficient (Wildman–Crippen LogP) is 4.71. The van der Waals surface area contributed by atoms with E-state index in [2.05, 4.69) is 32.7 Å². The van der Waals surface area contributed by atoms with Gasteiger partial charge in [-0.05, 0) is 31.1 Å². The lowest BCUT2D eigenvalue weighted by molar-refractivity contribution is 0.536. The maximum Gasteiger partial charge on any atom is 0.0276 e. The van der Waals surface area contributed by atoms with Gasteiger partial charge in [-0.1, -0.05) is 47.0 Å². The summed E-state index contributed by atoms with van der Waals surface area (Å²) in [5, 5.41) is 0. The van der Waals surface area contributed by atoms with Crippen LogP contribution in [0.1, 0.15) is 66.2 Å². The first-order chi connectivity index (χ1) is 7.21. The molecule has 0 saturated heterocycles. The Hall–Kier alpha value is -0.330. The van der Waals surface area contributed by atoms with Crippen molar-refractivity contribution in [2.45, 2.75) is 66.2 Å². The van der Waals surface area contributed by atoms with E-state index in [1.54, 1.807) is 0 Å². The molecule has 0 aliphatic rings. The van der Waals surface area contributed by atoms with Crippen molar-refractivity contribution in [1.82, 2.24) is 0 Å². The zero-order valence-corrected chi connectivity index (χ0v) is 11.3. The molecule has 0 heterocycles. The number of unbranched alkanes of at least 4 members (excludes halogenated alkanes) is 1. The molecule has 0 spiro atoms. The fraction of sp³-hybridized carbons (Fsp3) is 0.929. The average Bonchev–Trinajstić information content (AvgIpc) is 2.26. The van der Waals surface area contributed by atoms with Crippen LogP contribution in [0.4, 0.5) is 0 Å². The van der Waals surface area contributed by atoms with Crippen molar-refractivity contribution in [1.29, 1.82) is 0 Å². The molecule has 0 aliphatic heterocycles. The molecule has 1 heteroatoms. The third-order valence-electron chi connectivity index (χ3n) is 3.30. The van der Waals surface area contributed by atoms with Crippen LogP contribution in [0.5, 0.6) is 0 Å². The minimum Gasteiger partial charge on any atom is -0.297 e. The fourth-order valence-corrected chi connectivity index (χ4v) is 2.37. The van der Waals surface area contributed by atoms with Gasteiger partial charge in [0, 0.05) is 12.8 Å². The number of nitrogens with zero attached hydrogens (tertiary/aromatic N) is 1. The van der Waals surface area contributed by atoms with Crippen molar-refractivity contribution in [3.63, 3.8) is 0 Å². The predicted molar refractivity (Wildman–Crippen MR) is 70.7 cm³/mol. The Balaban J connectivity index is 4.31. The summed E-state index contributed by atoms with van der Waals surface area (Å²) in [5.41, 5.74) is 1.47. The second-order valence-corrected chi connectivity index (χ2v) is 4.59. The summed E-state index contributed by atoms with van der Waals surface area (Å²) in [6.07, 6.45) is 7.77. The van der Waals surface area contributed by atoms with E-state index in [9.17, 15) is 0 Å². The lowest BCUT2D eigenvalue weighted by Gasteiger charge is -2.22. The molecule has 0 fully saturated rings. The first-order valence-corrected chi connectivity index (χ1v) is 6.67. The van der Waals surface area contributed by atoms with Crippen molar-refractivity contribution in [2.24, 2.45) is 16.8 Å². The number of hydrogen-bond acceptors (Lipinski definition) is 1. The fourth-order valence-electron chi connectivity index (χ4n) is 2.37. The number of aliphatic imine (C=N–C) groups is 1. The van der Waals surface area contributed by atoms with Crippen molar-refractivity contribution < 1.29 is 0 Å². The molecule has 0 N–H and O–H groups in total. The van der Waals surface area contributed by atoms with Crippen LogP contribution >= 0.6 is 0 Å². The van der Waals surface area contributed by atoms with E-state index < -0.39 is 0 Å². The highest BCUT2D eigenvalue weighted by Crippen LogP contribution is 2.21. The largest absolute Gasteiger partial charge is 0.297 e. The minimum absolute atomic E-state index is 0.687. The van der Waals surface area contributed by atoms with Gasteiger partial charge < -0.3 is 0 Å². The van der Waals surface area contributed by atoms with E-state index in [4.69, 9.17) is 0 Å². The van der Waals surface area contributed by atoms with Crippen molar-refractivity contribution in [2.75, 3.05) is 7.05 Å². The Morgan fingerprint density at radius 3 is 2.13 bits per heavy atom. The Bertz CT molecular complexity index is 172. The molecule has 2 atom stereocenters. The van der Waals surface area contributed by atoms with Crippen LogP contribution in [0.15, 0.2) is 4.99 Å². The second kappa shape index (κ2) is 8.94. The molecule has 1 nitrogen and oxygen atoms in total. The van der Waals surface area contributed by atoms with Gasteiger partial charge in [0.15, 0.2) is 0 Å². The molecule has 0 aromatic heterocycles. The normalized spacial score (nSPS) is 16.5. The van der Waals surface area contributed by atoms with Crippen LogP contribution in [0.2, 0.25) is 0 Å². The van der Waals surface area contributed by atoms with Gasteiger partial charge in [0.2, 0.25) is 0 Å². The molecule has 0 saturated carbocycles. The van der Waals surface area contributed by atoms with Crippen LogP contribution < -0.4 is 0 Å². The van der Waals surface area contributed by atoms with Crippen LogP contribution in [-0.4, -0.2) is 12.8 Å². The summed E-state index contributed by atoms with van der Waals surface area (Å²) >= 11 is 0. The Morgan fingerprint density at radius 2 is 1.73 bits per heavy atom. The van der Waals surface area contributed by atoms with Crippen LogP contribution in [-0.2, 0) is 0 Å². The summed E-state index contributed by atoms with van der Waals surface area (Å²) in [4.78, 5) is 4.55. The number of rotatable bonds is 8. The lowest BCUT2D eigenvalue weighted by Crippen LogP contribution is -2.21. The van der Waals surface area contributed by atoms with E-state index in [-0.39, 0.29) is 0 Å². The molecule has 0 aromatic rings. The van der Waals surface area contributed by atoms with Gasteiger partial charge in [-0.15, -0.1) is 0 Å². The molecule has 15 heavy (non-hydrogen) atoms. The molecule has 2 unspecified atom stereocenters. The monoisotopic (exact) mass is 211 g/mol. The average molecular weight is 211 g/mol. The van der Waals surface area contributed by atoms with Gasteiger partial charge in [-0.25, -0.2) is 0 Å². The van der Waals surface area contributed by atoms with Gasteiger partial charge in [0.05, 0.1) is 0 Å². The van der Waals surface area contributed by atoms with Gasteiger partial charge in [0.25, 0.3) is 0 Å². The first-order valence-electron chi connectivity index (χ1n) is 6.67. The summed E-state index contributed by atoms with van der Waals surface area (Å²) in [5.74, 6) is 1.42. The van der Waals surface area contributed by atoms with Gasteiger partial charge in [-0.3, -0.25) is 4.99 Å². The molecule has 90 valence electrons. The molecular weight excluding hydrogens is 182 g/mol. The smallest absolute Gasteiger partial charge is 0.0276 e. The highest BCUT2D eigenvalue weighted by atomic mass is 14.7. The quantitative estimate of drug-likeness (QED) is 0.516. The maximum absolute atomic E-state index is 4.55. The Kier molecular flexibility index (Phi) is 8.74. The van der Waals surface area contributed by atoms with E-state index in [1.165, 1.54) is 44.2 Å².